The monoisotopic (exact) mass is 254 g/mol. The van der Waals surface area contributed by atoms with Crippen molar-refractivity contribution in [3.05, 3.63) is 28.7 Å². The minimum Gasteiger partial charge on any atom is -0.369 e. The maximum Gasteiger partial charge on any atom is 0.0511 e. The fourth-order valence-corrected chi connectivity index (χ4v) is 2.33. The van der Waals surface area contributed by atoms with E-state index >= 15 is 0 Å². The minimum atomic E-state index is 1.08. The van der Waals surface area contributed by atoms with E-state index in [1.165, 1.54) is 16.6 Å². The molecule has 14 heavy (non-hydrogen) atoms. The van der Waals surface area contributed by atoms with Crippen LogP contribution in [0.3, 0.4) is 0 Å². The number of hydrogen-bond donors (Lipinski definition) is 1. The second kappa shape index (κ2) is 4.80. The molecule has 0 amide bonds. The van der Waals surface area contributed by atoms with E-state index in [4.69, 9.17) is 0 Å². The van der Waals surface area contributed by atoms with Gasteiger partial charge in [0.05, 0.1) is 5.69 Å². The summed E-state index contributed by atoms with van der Waals surface area (Å²) in [5.41, 5.74) is 1.32. The summed E-state index contributed by atoms with van der Waals surface area (Å²) in [5, 5.41) is 3.41. The maximum absolute atomic E-state index is 3.60. The van der Waals surface area contributed by atoms with Crippen LogP contribution in [0.4, 0.5) is 5.69 Å². The van der Waals surface area contributed by atoms with E-state index in [9.17, 15) is 0 Å². The summed E-state index contributed by atoms with van der Waals surface area (Å²) >= 11 is 3.60. The average Bonchev–Trinajstić information content (AvgIpc) is 2.47. The van der Waals surface area contributed by atoms with Gasteiger partial charge in [0, 0.05) is 24.1 Å². The molecule has 1 N–H and O–H groups in total. The number of para-hydroxylation sites is 1. The molecule has 0 aromatic heterocycles. The molecule has 0 bridgehead atoms. The quantitative estimate of drug-likeness (QED) is 0.828. The third-order valence-corrected chi connectivity index (χ3v) is 3.20. The lowest BCUT2D eigenvalue weighted by molar-refractivity contribution is 0.724. The van der Waals surface area contributed by atoms with Crippen molar-refractivity contribution in [3.63, 3.8) is 0 Å². The highest BCUT2D eigenvalue weighted by atomic mass is 79.9. The number of anilines is 1. The molecule has 0 saturated carbocycles. The highest BCUT2D eigenvalue weighted by Crippen LogP contribution is 2.25. The summed E-state index contributed by atoms with van der Waals surface area (Å²) in [5.74, 6) is 0. The van der Waals surface area contributed by atoms with Crippen LogP contribution in [0.5, 0.6) is 0 Å². The Morgan fingerprint density at radius 2 is 2.00 bits per heavy atom. The lowest BCUT2D eigenvalue weighted by atomic mass is 10.2. The smallest absolute Gasteiger partial charge is 0.0511 e. The molecule has 0 spiro atoms. The van der Waals surface area contributed by atoms with Crippen LogP contribution in [-0.4, -0.2) is 26.2 Å². The summed E-state index contributed by atoms with van der Waals surface area (Å²) in [6.45, 7) is 4.47. The largest absolute Gasteiger partial charge is 0.369 e. The van der Waals surface area contributed by atoms with E-state index in [-0.39, 0.29) is 0 Å². The van der Waals surface area contributed by atoms with Crippen molar-refractivity contribution >= 4 is 21.6 Å². The molecule has 1 aliphatic rings. The third-order valence-electron chi connectivity index (χ3n) is 2.53. The molecule has 2 nitrogen and oxygen atoms in total. The van der Waals surface area contributed by atoms with E-state index in [0.717, 1.165) is 26.2 Å². The van der Waals surface area contributed by atoms with Crippen molar-refractivity contribution in [2.75, 3.05) is 31.1 Å². The zero-order valence-electron chi connectivity index (χ0n) is 8.17. The van der Waals surface area contributed by atoms with Crippen LogP contribution in [0.25, 0.3) is 0 Å². The second-order valence-corrected chi connectivity index (χ2v) is 4.40. The normalized spacial score (nSPS) is 17.9. The van der Waals surface area contributed by atoms with E-state index in [1.807, 2.05) is 0 Å². The minimum absolute atomic E-state index is 1.08. The summed E-state index contributed by atoms with van der Waals surface area (Å²) in [4.78, 5) is 2.43. The number of hydrogen-bond acceptors (Lipinski definition) is 2. The molecule has 3 heteroatoms. The first kappa shape index (κ1) is 9.99. The van der Waals surface area contributed by atoms with Crippen LogP contribution in [0, 0.1) is 0 Å². The fraction of sp³-hybridized carbons (Fsp3) is 0.455. The topological polar surface area (TPSA) is 15.3 Å². The Hall–Kier alpha value is -0.540. The van der Waals surface area contributed by atoms with Crippen molar-refractivity contribution in [1.29, 1.82) is 0 Å². The van der Waals surface area contributed by atoms with Gasteiger partial charge in [0.25, 0.3) is 0 Å². The van der Waals surface area contributed by atoms with Gasteiger partial charge in [-0.15, -0.1) is 0 Å². The van der Waals surface area contributed by atoms with Gasteiger partial charge in [-0.05, 0) is 41.0 Å². The first-order valence-electron chi connectivity index (χ1n) is 5.08. The van der Waals surface area contributed by atoms with Crippen molar-refractivity contribution < 1.29 is 0 Å². The first-order chi connectivity index (χ1) is 6.88. The van der Waals surface area contributed by atoms with E-state index in [1.54, 1.807) is 0 Å². The number of rotatable bonds is 1. The van der Waals surface area contributed by atoms with E-state index in [2.05, 4.69) is 50.4 Å². The number of benzene rings is 1. The molecule has 0 unspecified atom stereocenters. The van der Waals surface area contributed by atoms with Gasteiger partial charge in [0.1, 0.15) is 0 Å². The zero-order chi connectivity index (χ0) is 9.80. The highest BCUT2D eigenvalue weighted by molar-refractivity contribution is 9.10. The number of nitrogens with zero attached hydrogens (tertiary/aromatic N) is 1. The van der Waals surface area contributed by atoms with Crippen LogP contribution >= 0.6 is 15.9 Å². The SMILES string of the molecule is Brc1ccccc1N1CCCNCC1. The highest BCUT2D eigenvalue weighted by Gasteiger charge is 2.10. The molecule has 2 rings (SSSR count). The molecule has 1 aromatic rings. The molecule has 1 aromatic carbocycles. The van der Waals surface area contributed by atoms with Gasteiger partial charge in [0.15, 0.2) is 0 Å². The van der Waals surface area contributed by atoms with Crippen molar-refractivity contribution in [1.82, 2.24) is 5.32 Å². The molecule has 1 saturated heterocycles. The van der Waals surface area contributed by atoms with E-state index < -0.39 is 0 Å². The Morgan fingerprint density at radius 1 is 1.14 bits per heavy atom. The van der Waals surface area contributed by atoms with Gasteiger partial charge in [-0.3, -0.25) is 0 Å². The van der Waals surface area contributed by atoms with Crippen molar-refractivity contribution in [2.24, 2.45) is 0 Å². The van der Waals surface area contributed by atoms with Crippen LogP contribution in [-0.2, 0) is 0 Å². The first-order valence-corrected chi connectivity index (χ1v) is 5.87. The molecule has 0 aliphatic carbocycles. The Morgan fingerprint density at radius 3 is 2.86 bits per heavy atom. The molecule has 1 aliphatic heterocycles. The van der Waals surface area contributed by atoms with Crippen molar-refractivity contribution in [2.45, 2.75) is 6.42 Å². The van der Waals surface area contributed by atoms with Gasteiger partial charge in [-0.1, -0.05) is 12.1 Å². The van der Waals surface area contributed by atoms with Gasteiger partial charge in [0.2, 0.25) is 0 Å². The number of nitrogens with one attached hydrogen (secondary N) is 1. The van der Waals surface area contributed by atoms with Gasteiger partial charge in [-0.2, -0.15) is 0 Å². The molecule has 0 radical (unpaired) electrons. The zero-order valence-corrected chi connectivity index (χ0v) is 9.76. The molecule has 1 fully saturated rings. The molecular formula is C11H15BrN2. The Balaban J connectivity index is 2.16. The summed E-state index contributed by atoms with van der Waals surface area (Å²) in [6, 6.07) is 8.44. The molecular weight excluding hydrogens is 240 g/mol. The Bertz CT molecular complexity index is 293. The lowest BCUT2D eigenvalue weighted by Gasteiger charge is -2.23. The van der Waals surface area contributed by atoms with Crippen LogP contribution in [0.15, 0.2) is 28.7 Å². The third kappa shape index (κ3) is 2.28. The number of halogens is 1. The Labute approximate surface area is 93.4 Å². The summed E-state index contributed by atoms with van der Waals surface area (Å²) in [7, 11) is 0. The predicted octanol–water partition coefficient (Wildman–Crippen LogP) is 2.25. The van der Waals surface area contributed by atoms with Gasteiger partial charge < -0.3 is 10.2 Å². The summed E-state index contributed by atoms with van der Waals surface area (Å²) < 4.78 is 1.20. The van der Waals surface area contributed by atoms with E-state index in [0.29, 0.717) is 0 Å². The standard InChI is InChI=1S/C11H15BrN2/c12-10-4-1-2-5-11(10)14-8-3-6-13-7-9-14/h1-2,4-5,13H,3,6-9H2. The molecule has 0 atom stereocenters. The van der Waals surface area contributed by atoms with Crippen LogP contribution < -0.4 is 10.2 Å². The second-order valence-electron chi connectivity index (χ2n) is 3.54. The fourth-order valence-electron chi connectivity index (χ4n) is 1.79. The van der Waals surface area contributed by atoms with Crippen molar-refractivity contribution in [3.8, 4) is 0 Å². The molecule has 76 valence electrons. The maximum atomic E-state index is 3.60. The van der Waals surface area contributed by atoms with Gasteiger partial charge >= 0.3 is 0 Å². The Kier molecular flexibility index (Phi) is 3.43. The van der Waals surface area contributed by atoms with Crippen LogP contribution in [0.1, 0.15) is 6.42 Å². The van der Waals surface area contributed by atoms with Crippen LogP contribution in [0.2, 0.25) is 0 Å². The predicted molar refractivity (Wildman–Crippen MR) is 63.8 cm³/mol. The summed E-state index contributed by atoms with van der Waals surface area (Å²) in [6.07, 6.45) is 1.22. The average molecular weight is 255 g/mol. The lowest BCUT2D eigenvalue weighted by Crippen LogP contribution is -2.27. The molecule has 1 heterocycles. The van der Waals surface area contributed by atoms with Gasteiger partial charge in [-0.25, -0.2) is 0 Å².